The van der Waals surface area contributed by atoms with Crippen LogP contribution in [0.3, 0.4) is 0 Å². The van der Waals surface area contributed by atoms with Crippen LogP contribution in [0.2, 0.25) is 0 Å². The standard InChI is InChI=1S/C62H122O2.C23H48O.C14H26O2/c1-4-7-10-13-16-19-22-25-28-32-37-42-47-52-57-62(60-55-50-45-40-35-31-36-41-46-51-56-61(63)64,58-53-48-43-38-33-29-26-23-20-17-14-11-8-5-2)59-54-49-44-39-34-30-27-24-21-18-15-12-9-6-3;1-2-3-4-5-6-7-8-9-10-11-12-13-14-15-16-17-18-19-20-21-22-23-24;1-2-3-4-5-6-7-8-9-10-11-12-13-14(15)16/h40,45H,4-39,41-44,46-60H2,1-3H3,(H,63,64);24H,2-23H2,1H3;5-6H,2-4,7-13H2,1H3,(H,15,16)/b45-40-;;6-5-. The van der Waals surface area contributed by atoms with Crippen molar-refractivity contribution in [2.45, 2.75) is 587 Å². The van der Waals surface area contributed by atoms with Crippen molar-refractivity contribution in [1.29, 1.82) is 0 Å². The van der Waals surface area contributed by atoms with E-state index in [0.29, 0.717) is 24.9 Å². The smallest absolute Gasteiger partial charge is 0.303 e. The van der Waals surface area contributed by atoms with Gasteiger partial charge in [0, 0.05) is 19.4 Å². The van der Waals surface area contributed by atoms with E-state index in [0.717, 1.165) is 32.1 Å². The predicted octanol–water partition coefficient (Wildman–Crippen LogP) is 35.9. The van der Waals surface area contributed by atoms with Crippen molar-refractivity contribution in [3.8, 4) is 0 Å². The molecule has 0 unspecified atom stereocenters. The van der Waals surface area contributed by atoms with Crippen molar-refractivity contribution in [2.24, 2.45) is 5.41 Å². The molecule has 0 aliphatic rings. The van der Waals surface area contributed by atoms with Crippen LogP contribution in [0.5, 0.6) is 0 Å². The zero-order chi connectivity index (χ0) is 76.0. The minimum Gasteiger partial charge on any atom is -0.481 e. The summed E-state index contributed by atoms with van der Waals surface area (Å²) in [6.45, 7) is 11.8. The van der Waals surface area contributed by atoms with Crippen LogP contribution in [-0.2, 0) is 9.59 Å². The molecule has 0 radical (unpaired) electrons. The molecule has 5 heteroatoms. The summed E-state index contributed by atoms with van der Waals surface area (Å²) < 4.78 is 0. The molecule has 104 heavy (non-hydrogen) atoms. The lowest BCUT2D eigenvalue weighted by atomic mass is 9.70. The van der Waals surface area contributed by atoms with Gasteiger partial charge in [0.1, 0.15) is 0 Å². The monoisotopic (exact) mass is 1470 g/mol. The largest absolute Gasteiger partial charge is 0.481 e. The Bertz CT molecular complexity index is 1480. The highest BCUT2D eigenvalue weighted by molar-refractivity contribution is 5.66. The summed E-state index contributed by atoms with van der Waals surface area (Å²) in [4.78, 5) is 21.0. The van der Waals surface area contributed by atoms with Crippen LogP contribution < -0.4 is 0 Å². The molecule has 0 saturated carbocycles. The lowest BCUT2D eigenvalue weighted by Gasteiger charge is -2.35. The Morgan fingerprint density at radius 2 is 0.346 bits per heavy atom. The van der Waals surface area contributed by atoms with Crippen molar-refractivity contribution in [3.63, 3.8) is 0 Å². The fraction of sp³-hybridized carbons (Fsp3) is 0.939. The first-order valence-corrected chi connectivity index (χ1v) is 48.6. The fourth-order valence-corrected chi connectivity index (χ4v) is 15.9. The highest BCUT2D eigenvalue weighted by Crippen LogP contribution is 2.42. The topological polar surface area (TPSA) is 94.8 Å². The van der Waals surface area contributed by atoms with E-state index in [1.165, 1.54) is 507 Å². The van der Waals surface area contributed by atoms with Gasteiger partial charge in [0.05, 0.1) is 0 Å². The maximum absolute atomic E-state index is 10.8. The van der Waals surface area contributed by atoms with E-state index in [1.807, 2.05) is 0 Å². The summed E-state index contributed by atoms with van der Waals surface area (Å²) in [7, 11) is 0. The van der Waals surface area contributed by atoms with Gasteiger partial charge in [-0.2, -0.15) is 0 Å². The molecule has 0 heterocycles. The molecule has 0 aromatic carbocycles. The summed E-state index contributed by atoms with van der Waals surface area (Å²) in [6, 6.07) is 0. The quantitative estimate of drug-likeness (QED) is 0.0417. The molecule has 0 aliphatic heterocycles. The van der Waals surface area contributed by atoms with E-state index in [4.69, 9.17) is 15.3 Å². The SMILES string of the molecule is CCCC/C=C\CCCCCCCC(=O)O.CCCCCCCCCCCCCCCCC(CCC/C=C\CCCCCCCC(=O)O)(CCCCCCCCCCCCCCCC)CCCCCCCCCCCCCCCC.CCCCCCCCCCCCCCCCCCCCCCCO. The number of aliphatic carboxylic acids is 2. The number of aliphatic hydroxyl groups is 1. The fourth-order valence-electron chi connectivity index (χ4n) is 15.9. The van der Waals surface area contributed by atoms with Crippen LogP contribution in [-0.4, -0.2) is 33.9 Å². The number of aliphatic hydroxyl groups excluding tert-OH is 1. The van der Waals surface area contributed by atoms with Gasteiger partial charge in [-0.15, -0.1) is 0 Å². The van der Waals surface area contributed by atoms with E-state index in [-0.39, 0.29) is 0 Å². The molecule has 0 saturated heterocycles. The third kappa shape index (κ3) is 100. The molecule has 0 rings (SSSR count). The molecule has 0 bridgehead atoms. The van der Waals surface area contributed by atoms with Crippen LogP contribution in [0, 0.1) is 5.41 Å². The van der Waals surface area contributed by atoms with Gasteiger partial charge in [0.2, 0.25) is 0 Å². The van der Waals surface area contributed by atoms with E-state index >= 15 is 0 Å². The van der Waals surface area contributed by atoms with Gasteiger partial charge >= 0.3 is 11.9 Å². The molecule has 0 spiro atoms. The van der Waals surface area contributed by atoms with E-state index < -0.39 is 11.9 Å². The first-order chi connectivity index (χ1) is 51.3. The van der Waals surface area contributed by atoms with Crippen molar-refractivity contribution >= 4 is 11.9 Å². The average molecular weight is 1470 g/mol. The molecule has 0 aromatic heterocycles. The maximum atomic E-state index is 10.8. The van der Waals surface area contributed by atoms with Crippen molar-refractivity contribution < 1.29 is 24.9 Å². The van der Waals surface area contributed by atoms with Gasteiger partial charge < -0.3 is 15.3 Å². The molecule has 622 valence electrons. The Kier molecular flexibility index (Phi) is 102. The number of carboxylic acids is 2. The molecule has 0 aliphatic carbocycles. The Hall–Kier alpha value is -1.62. The Labute approximate surface area is 656 Å². The normalized spacial score (nSPS) is 11.7. The molecule has 0 atom stereocenters. The van der Waals surface area contributed by atoms with Gasteiger partial charge in [-0.25, -0.2) is 0 Å². The van der Waals surface area contributed by atoms with Crippen molar-refractivity contribution in [1.82, 2.24) is 0 Å². The number of unbranched alkanes of at least 4 members (excludes halogenated alkanes) is 72. The first kappa shape index (κ1) is 107. The number of allylic oxidation sites excluding steroid dienone is 4. The number of hydrogen-bond acceptors (Lipinski definition) is 3. The van der Waals surface area contributed by atoms with Crippen LogP contribution in [0.25, 0.3) is 0 Å². The van der Waals surface area contributed by atoms with Crippen LogP contribution in [0.1, 0.15) is 587 Å². The third-order valence-corrected chi connectivity index (χ3v) is 23.1. The Morgan fingerprint density at radius 3 is 0.548 bits per heavy atom. The summed E-state index contributed by atoms with van der Waals surface area (Å²) >= 11 is 0. The van der Waals surface area contributed by atoms with Crippen LogP contribution in [0.15, 0.2) is 24.3 Å². The molecule has 0 aromatic rings. The van der Waals surface area contributed by atoms with E-state index in [2.05, 4.69) is 58.9 Å². The van der Waals surface area contributed by atoms with Gasteiger partial charge in [0.25, 0.3) is 0 Å². The second kappa shape index (κ2) is 99.4. The second-order valence-electron chi connectivity index (χ2n) is 33.7. The first-order valence-electron chi connectivity index (χ1n) is 48.6. The molecular formula is C99H196O5. The lowest BCUT2D eigenvalue weighted by Crippen LogP contribution is -2.21. The molecule has 3 N–H and O–H groups in total. The van der Waals surface area contributed by atoms with E-state index in [9.17, 15) is 9.59 Å². The zero-order valence-electron chi connectivity index (χ0n) is 72.5. The summed E-state index contributed by atoms with van der Waals surface area (Å²) in [6.07, 6.45) is 127. The van der Waals surface area contributed by atoms with Gasteiger partial charge in [-0.3, -0.25) is 9.59 Å². The second-order valence-corrected chi connectivity index (χ2v) is 33.7. The molecular weight excluding hydrogens is 1270 g/mol. The molecule has 0 amide bonds. The lowest BCUT2D eigenvalue weighted by molar-refractivity contribution is -0.138. The zero-order valence-corrected chi connectivity index (χ0v) is 72.5. The average Bonchev–Trinajstić information content (AvgIpc) is 0.887. The molecule has 0 fully saturated rings. The Balaban J connectivity index is -0.00000205. The minimum absolute atomic E-state index is 0.330. The predicted molar refractivity (Wildman–Crippen MR) is 469 cm³/mol. The molecule has 5 nitrogen and oxygen atoms in total. The summed E-state index contributed by atoms with van der Waals surface area (Å²) in [5.41, 5.74) is 0.579. The maximum Gasteiger partial charge on any atom is 0.303 e. The number of hydrogen-bond donors (Lipinski definition) is 3. The van der Waals surface area contributed by atoms with Crippen LogP contribution >= 0.6 is 0 Å². The summed E-state index contributed by atoms with van der Waals surface area (Å²) in [5.74, 6) is -1.32. The summed E-state index contributed by atoms with van der Waals surface area (Å²) in [5, 5.41) is 26.1. The van der Waals surface area contributed by atoms with Crippen LogP contribution in [0.4, 0.5) is 0 Å². The number of carbonyl (C=O) groups is 2. The number of rotatable bonds is 89. The third-order valence-electron chi connectivity index (χ3n) is 23.1. The minimum atomic E-state index is -0.668. The van der Waals surface area contributed by atoms with Gasteiger partial charge in [0.15, 0.2) is 0 Å². The van der Waals surface area contributed by atoms with Gasteiger partial charge in [-0.05, 0) is 95.3 Å². The van der Waals surface area contributed by atoms with Gasteiger partial charge in [-0.1, -0.05) is 508 Å². The van der Waals surface area contributed by atoms with Crippen molar-refractivity contribution in [3.05, 3.63) is 24.3 Å². The van der Waals surface area contributed by atoms with E-state index in [1.54, 1.807) is 0 Å². The number of carboxylic acid groups (broad SMARTS) is 2. The highest BCUT2D eigenvalue weighted by atomic mass is 16.4. The van der Waals surface area contributed by atoms with Crippen molar-refractivity contribution in [2.75, 3.05) is 6.61 Å². The highest BCUT2D eigenvalue weighted by Gasteiger charge is 2.28. The Morgan fingerprint density at radius 1 is 0.192 bits per heavy atom.